The fourth-order valence-corrected chi connectivity index (χ4v) is 3.79. The van der Waals surface area contributed by atoms with Gasteiger partial charge in [-0.25, -0.2) is 14.2 Å². The summed E-state index contributed by atoms with van der Waals surface area (Å²) in [4.78, 5) is 25.5. The highest BCUT2D eigenvalue weighted by Gasteiger charge is 2.57. The highest BCUT2D eigenvalue weighted by Crippen LogP contribution is 2.42. The summed E-state index contributed by atoms with van der Waals surface area (Å²) < 4.78 is 15.3. The minimum absolute atomic E-state index is 0.142. The largest absolute Gasteiger partial charge is 0.478 e. The van der Waals surface area contributed by atoms with Crippen LogP contribution in [0.4, 0.5) is 10.1 Å². The number of carbonyl (C=O) groups excluding carboxylic acids is 1. The average molecular weight is 335 g/mol. The standard InChI is InChI=1S/C17H22FN3O3/c1-10-6-11(2)14(7-13(10)15(22)23)21-9-12-8-20(19-3)5-4-17(12,18)16(21)24/h6-7,12,19H,4-5,8-9H2,1-3H3,(H,22,23)/t12-,17+/m0/s1. The number of aromatic carboxylic acids is 1. The molecule has 2 aliphatic rings. The molecule has 1 amide bonds. The Hall–Kier alpha value is -1.99. The van der Waals surface area contributed by atoms with E-state index in [1.54, 1.807) is 20.0 Å². The van der Waals surface area contributed by atoms with E-state index in [0.717, 1.165) is 5.56 Å². The van der Waals surface area contributed by atoms with Gasteiger partial charge in [-0.1, -0.05) is 6.07 Å². The number of benzene rings is 1. The van der Waals surface area contributed by atoms with Crippen LogP contribution in [0.15, 0.2) is 12.1 Å². The van der Waals surface area contributed by atoms with Crippen molar-refractivity contribution in [3.63, 3.8) is 0 Å². The SMILES string of the molecule is CNN1CC[C@]2(F)C(=O)N(c3cc(C(=O)O)c(C)cc3C)C[C@@H]2C1. The Morgan fingerprint density at radius 3 is 2.67 bits per heavy atom. The number of rotatable bonds is 3. The molecule has 0 spiro atoms. The lowest BCUT2D eigenvalue weighted by Gasteiger charge is -2.36. The van der Waals surface area contributed by atoms with Crippen molar-refractivity contribution in [2.75, 3.05) is 31.6 Å². The van der Waals surface area contributed by atoms with Crippen molar-refractivity contribution in [2.24, 2.45) is 5.92 Å². The third-order valence-electron chi connectivity index (χ3n) is 5.22. The topological polar surface area (TPSA) is 72.9 Å². The van der Waals surface area contributed by atoms with Crippen molar-refractivity contribution in [3.8, 4) is 0 Å². The van der Waals surface area contributed by atoms with Crippen molar-refractivity contribution in [1.29, 1.82) is 0 Å². The summed E-state index contributed by atoms with van der Waals surface area (Å²) in [6.07, 6.45) is 0.143. The van der Waals surface area contributed by atoms with Gasteiger partial charge in [0.1, 0.15) is 0 Å². The number of alkyl halides is 1. The summed E-state index contributed by atoms with van der Waals surface area (Å²) in [5.74, 6) is -2.03. The third kappa shape index (κ3) is 2.48. The molecule has 2 heterocycles. The summed E-state index contributed by atoms with van der Waals surface area (Å²) in [6.45, 7) is 4.71. The molecule has 0 saturated carbocycles. The van der Waals surface area contributed by atoms with Gasteiger partial charge in [-0.15, -0.1) is 0 Å². The number of hydrazine groups is 1. The maximum absolute atomic E-state index is 15.3. The number of anilines is 1. The van der Waals surface area contributed by atoms with Gasteiger partial charge in [-0.3, -0.25) is 10.2 Å². The van der Waals surface area contributed by atoms with Crippen molar-refractivity contribution < 1.29 is 19.1 Å². The van der Waals surface area contributed by atoms with E-state index in [0.29, 0.717) is 24.3 Å². The van der Waals surface area contributed by atoms with Crippen LogP contribution in [0.1, 0.15) is 27.9 Å². The minimum Gasteiger partial charge on any atom is -0.478 e. The Balaban J connectivity index is 1.98. The summed E-state index contributed by atoms with van der Waals surface area (Å²) in [5.41, 5.74) is 3.18. The van der Waals surface area contributed by atoms with Crippen LogP contribution in [0.25, 0.3) is 0 Å². The number of carboxylic acids is 1. The number of amides is 1. The fourth-order valence-electron chi connectivity index (χ4n) is 3.79. The van der Waals surface area contributed by atoms with Crippen LogP contribution < -0.4 is 10.3 Å². The van der Waals surface area contributed by atoms with Crippen LogP contribution in [-0.2, 0) is 4.79 Å². The second-order valence-corrected chi connectivity index (χ2v) is 6.65. The molecule has 7 heteroatoms. The van der Waals surface area contributed by atoms with Crippen LogP contribution in [0.3, 0.4) is 0 Å². The van der Waals surface area contributed by atoms with Gasteiger partial charge in [0, 0.05) is 37.7 Å². The van der Waals surface area contributed by atoms with Gasteiger partial charge >= 0.3 is 5.97 Å². The molecule has 2 saturated heterocycles. The van der Waals surface area contributed by atoms with Crippen LogP contribution in [-0.4, -0.2) is 54.3 Å². The van der Waals surface area contributed by atoms with Crippen molar-refractivity contribution in [3.05, 3.63) is 28.8 Å². The molecule has 6 nitrogen and oxygen atoms in total. The second-order valence-electron chi connectivity index (χ2n) is 6.65. The first-order valence-corrected chi connectivity index (χ1v) is 8.05. The van der Waals surface area contributed by atoms with E-state index in [1.807, 2.05) is 11.9 Å². The van der Waals surface area contributed by atoms with Crippen LogP contribution >= 0.6 is 0 Å². The van der Waals surface area contributed by atoms with Gasteiger partial charge in [-0.2, -0.15) is 0 Å². The zero-order valence-electron chi connectivity index (χ0n) is 14.1. The quantitative estimate of drug-likeness (QED) is 0.876. The average Bonchev–Trinajstić information content (AvgIpc) is 2.78. The first kappa shape index (κ1) is 16.9. The number of halogens is 1. The van der Waals surface area contributed by atoms with Crippen molar-refractivity contribution in [1.82, 2.24) is 10.4 Å². The number of piperidine rings is 1. The Morgan fingerprint density at radius 2 is 2.04 bits per heavy atom. The molecular formula is C17H22FN3O3. The summed E-state index contributed by atoms with van der Waals surface area (Å²) >= 11 is 0. The maximum atomic E-state index is 15.3. The monoisotopic (exact) mass is 335 g/mol. The maximum Gasteiger partial charge on any atom is 0.336 e. The predicted molar refractivity (Wildman–Crippen MR) is 87.8 cm³/mol. The highest BCUT2D eigenvalue weighted by atomic mass is 19.1. The zero-order chi connectivity index (χ0) is 17.6. The van der Waals surface area contributed by atoms with E-state index in [-0.39, 0.29) is 18.5 Å². The number of nitrogens with one attached hydrogen (secondary N) is 1. The molecule has 130 valence electrons. The van der Waals surface area contributed by atoms with Gasteiger partial charge in [0.2, 0.25) is 0 Å². The van der Waals surface area contributed by atoms with Crippen LogP contribution in [0.5, 0.6) is 0 Å². The molecule has 0 unspecified atom stereocenters. The molecule has 2 fully saturated rings. The van der Waals surface area contributed by atoms with E-state index in [1.165, 1.54) is 11.0 Å². The van der Waals surface area contributed by atoms with Gasteiger partial charge in [0.15, 0.2) is 5.67 Å². The van der Waals surface area contributed by atoms with E-state index < -0.39 is 23.5 Å². The van der Waals surface area contributed by atoms with Crippen LogP contribution in [0.2, 0.25) is 0 Å². The first-order valence-electron chi connectivity index (χ1n) is 8.05. The van der Waals surface area contributed by atoms with Crippen LogP contribution in [0, 0.1) is 19.8 Å². The van der Waals surface area contributed by atoms with E-state index in [9.17, 15) is 14.7 Å². The molecule has 24 heavy (non-hydrogen) atoms. The zero-order valence-corrected chi connectivity index (χ0v) is 14.1. The lowest BCUT2D eigenvalue weighted by Crippen LogP contribution is -2.53. The summed E-state index contributed by atoms with van der Waals surface area (Å²) in [7, 11) is 1.78. The van der Waals surface area contributed by atoms with Gasteiger partial charge in [-0.05, 0) is 38.1 Å². The lowest BCUT2D eigenvalue weighted by atomic mass is 9.86. The van der Waals surface area contributed by atoms with Crippen molar-refractivity contribution >= 4 is 17.6 Å². The fraction of sp³-hybridized carbons (Fsp3) is 0.529. The number of aryl methyl sites for hydroxylation is 2. The second kappa shape index (κ2) is 5.82. The summed E-state index contributed by atoms with van der Waals surface area (Å²) in [5, 5.41) is 11.2. The molecule has 2 aliphatic heterocycles. The van der Waals surface area contributed by atoms with E-state index in [2.05, 4.69) is 5.43 Å². The Kier molecular flexibility index (Phi) is 4.09. The predicted octanol–water partition coefficient (Wildman–Crippen LogP) is 1.51. The molecule has 1 aromatic rings. The third-order valence-corrected chi connectivity index (χ3v) is 5.22. The van der Waals surface area contributed by atoms with E-state index >= 15 is 4.39 Å². The molecule has 0 bridgehead atoms. The normalized spacial score (nSPS) is 27.4. The molecule has 2 N–H and O–H groups in total. The molecule has 3 rings (SSSR count). The lowest BCUT2D eigenvalue weighted by molar-refractivity contribution is -0.132. The van der Waals surface area contributed by atoms with Crippen molar-refractivity contribution in [2.45, 2.75) is 25.9 Å². The molecule has 0 aromatic heterocycles. The number of carboxylic acid groups (broad SMARTS) is 1. The van der Waals surface area contributed by atoms with E-state index in [4.69, 9.17) is 0 Å². The first-order chi connectivity index (χ1) is 11.3. The number of hydrogen-bond acceptors (Lipinski definition) is 4. The number of hydrogen-bond donors (Lipinski definition) is 2. The molecule has 0 aliphatic carbocycles. The Morgan fingerprint density at radius 1 is 1.33 bits per heavy atom. The number of carbonyl (C=O) groups is 2. The van der Waals surface area contributed by atoms with Gasteiger partial charge < -0.3 is 10.0 Å². The Labute approximate surface area is 140 Å². The Bertz CT molecular complexity index is 709. The number of nitrogens with zero attached hydrogens (tertiary/aromatic N) is 2. The molecular weight excluding hydrogens is 313 g/mol. The molecule has 1 aromatic carbocycles. The highest BCUT2D eigenvalue weighted by molar-refractivity contribution is 6.04. The molecule has 0 radical (unpaired) electrons. The minimum atomic E-state index is -1.87. The van der Waals surface area contributed by atoms with Gasteiger partial charge in [0.05, 0.1) is 5.56 Å². The number of fused-ring (bicyclic) bond motifs is 1. The molecule has 2 atom stereocenters. The van der Waals surface area contributed by atoms with Gasteiger partial charge in [0.25, 0.3) is 5.91 Å². The smallest absolute Gasteiger partial charge is 0.336 e. The summed E-state index contributed by atoms with van der Waals surface area (Å²) in [6, 6.07) is 3.22.